The molecule has 0 aliphatic carbocycles. The minimum absolute atomic E-state index is 0.417. The molecular formula is C6H16N2O. The Morgan fingerprint density at radius 3 is 2.56 bits per heavy atom. The standard InChI is InChI=1S/C6H16N2O/c1-4-8(3)6(2)5-9-7/h6H,4-5,7H2,1-3H3. The largest absolute Gasteiger partial charge is 0.303 e. The zero-order chi connectivity index (χ0) is 7.28. The highest BCUT2D eigenvalue weighted by atomic mass is 16.6. The van der Waals surface area contributed by atoms with Crippen LogP contribution in [0.2, 0.25) is 0 Å². The van der Waals surface area contributed by atoms with Crippen molar-refractivity contribution in [2.75, 3.05) is 20.2 Å². The van der Waals surface area contributed by atoms with Gasteiger partial charge in [-0.3, -0.25) is 0 Å². The number of hydrogen-bond acceptors (Lipinski definition) is 3. The minimum atomic E-state index is 0.417. The van der Waals surface area contributed by atoms with Gasteiger partial charge in [0.2, 0.25) is 0 Å². The second-order valence-electron chi connectivity index (χ2n) is 2.26. The van der Waals surface area contributed by atoms with Crippen molar-refractivity contribution in [1.29, 1.82) is 0 Å². The summed E-state index contributed by atoms with van der Waals surface area (Å²) in [6, 6.07) is 0.417. The molecule has 0 spiro atoms. The van der Waals surface area contributed by atoms with E-state index in [1.807, 2.05) is 7.05 Å². The van der Waals surface area contributed by atoms with Crippen molar-refractivity contribution < 1.29 is 4.84 Å². The molecule has 0 radical (unpaired) electrons. The van der Waals surface area contributed by atoms with Gasteiger partial charge < -0.3 is 9.74 Å². The fourth-order valence-corrected chi connectivity index (χ4v) is 0.578. The van der Waals surface area contributed by atoms with Crippen LogP contribution in [0.5, 0.6) is 0 Å². The van der Waals surface area contributed by atoms with Gasteiger partial charge in [-0.1, -0.05) is 6.92 Å². The second kappa shape index (κ2) is 4.73. The van der Waals surface area contributed by atoms with Crippen molar-refractivity contribution in [2.45, 2.75) is 19.9 Å². The monoisotopic (exact) mass is 132 g/mol. The number of nitrogens with two attached hydrogens (primary N) is 1. The Kier molecular flexibility index (Phi) is 4.67. The van der Waals surface area contributed by atoms with Crippen molar-refractivity contribution in [2.24, 2.45) is 5.90 Å². The maximum Gasteiger partial charge on any atom is 0.0831 e. The molecule has 0 amide bonds. The Morgan fingerprint density at radius 2 is 2.22 bits per heavy atom. The Balaban J connectivity index is 3.32. The van der Waals surface area contributed by atoms with Crippen LogP contribution in [0.1, 0.15) is 13.8 Å². The Morgan fingerprint density at radius 1 is 1.67 bits per heavy atom. The van der Waals surface area contributed by atoms with Gasteiger partial charge in [0, 0.05) is 6.04 Å². The number of nitrogens with zero attached hydrogens (tertiary/aromatic N) is 1. The summed E-state index contributed by atoms with van der Waals surface area (Å²) in [5.74, 6) is 4.90. The first-order valence-electron chi connectivity index (χ1n) is 3.24. The van der Waals surface area contributed by atoms with E-state index in [9.17, 15) is 0 Å². The van der Waals surface area contributed by atoms with Gasteiger partial charge in [0.25, 0.3) is 0 Å². The summed E-state index contributed by atoms with van der Waals surface area (Å²) >= 11 is 0. The quantitative estimate of drug-likeness (QED) is 0.556. The molecule has 0 saturated heterocycles. The minimum Gasteiger partial charge on any atom is -0.303 e. The van der Waals surface area contributed by atoms with Crippen LogP contribution in [-0.4, -0.2) is 31.1 Å². The zero-order valence-electron chi connectivity index (χ0n) is 6.42. The van der Waals surface area contributed by atoms with Crippen molar-refractivity contribution >= 4 is 0 Å². The zero-order valence-corrected chi connectivity index (χ0v) is 6.42. The Bertz CT molecular complexity index is 68.1. The molecule has 1 atom stereocenters. The third-order valence-electron chi connectivity index (χ3n) is 1.59. The molecule has 0 aromatic carbocycles. The molecule has 1 unspecified atom stereocenters. The van der Waals surface area contributed by atoms with Crippen LogP contribution < -0.4 is 5.90 Å². The molecule has 0 fully saturated rings. The van der Waals surface area contributed by atoms with E-state index in [0.717, 1.165) is 6.54 Å². The smallest absolute Gasteiger partial charge is 0.0831 e. The second-order valence-corrected chi connectivity index (χ2v) is 2.26. The Labute approximate surface area is 56.7 Å². The summed E-state index contributed by atoms with van der Waals surface area (Å²) in [4.78, 5) is 6.66. The lowest BCUT2D eigenvalue weighted by atomic mass is 10.3. The van der Waals surface area contributed by atoms with Gasteiger partial charge in [0.15, 0.2) is 0 Å². The fraction of sp³-hybridized carbons (Fsp3) is 1.00. The first kappa shape index (κ1) is 8.88. The molecule has 0 aliphatic rings. The third kappa shape index (κ3) is 3.46. The van der Waals surface area contributed by atoms with Crippen molar-refractivity contribution in [3.05, 3.63) is 0 Å². The van der Waals surface area contributed by atoms with E-state index in [4.69, 9.17) is 5.90 Å². The normalized spacial score (nSPS) is 14.3. The number of likely N-dealkylation sites (N-methyl/N-ethyl adjacent to an activating group) is 1. The predicted octanol–water partition coefficient (Wildman–Crippen LogP) is 0.217. The fourth-order valence-electron chi connectivity index (χ4n) is 0.578. The molecule has 0 aromatic heterocycles. The van der Waals surface area contributed by atoms with Gasteiger partial charge >= 0.3 is 0 Å². The lowest BCUT2D eigenvalue weighted by Gasteiger charge is -2.21. The lowest BCUT2D eigenvalue weighted by Crippen LogP contribution is -2.33. The van der Waals surface area contributed by atoms with Crippen molar-refractivity contribution in [1.82, 2.24) is 4.90 Å². The molecule has 56 valence electrons. The molecule has 0 bridgehead atoms. The van der Waals surface area contributed by atoms with Crippen LogP contribution in [0.25, 0.3) is 0 Å². The molecule has 9 heavy (non-hydrogen) atoms. The molecule has 3 nitrogen and oxygen atoms in total. The van der Waals surface area contributed by atoms with E-state index >= 15 is 0 Å². The van der Waals surface area contributed by atoms with Crippen LogP contribution in [-0.2, 0) is 4.84 Å². The summed E-state index contributed by atoms with van der Waals surface area (Å²) in [7, 11) is 2.05. The summed E-state index contributed by atoms with van der Waals surface area (Å²) in [6.07, 6.45) is 0. The van der Waals surface area contributed by atoms with Gasteiger partial charge in [-0.05, 0) is 20.5 Å². The number of hydrogen-bond donors (Lipinski definition) is 1. The van der Waals surface area contributed by atoms with Gasteiger partial charge in [0.05, 0.1) is 6.61 Å². The highest BCUT2D eigenvalue weighted by Gasteiger charge is 2.04. The number of rotatable bonds is 4. The van der Waals surface area contributed by atoms with E-state index in [2.05, 4.69) is 23.6 Å². The van der Waals surface area contributed by atoms with E-state index < -0.39 is 0 Å². The molecule has 3 heteroatoms. The van der Waals surface area contributed by atoms with Gasteiger partial charge in [-0.2, -0.15) is 0 Å². The summed E-state index contributed by atoms with van der Waals surface area (Å²) < 4.78 is 0. The molecule has 0 heterocycles. The van der Waals surface area contributed by atoms with E-state index in [1.54, 1.807) is 0 Å². The Hall–Kier alpha value is -0.120. The maximum atomic E-state index is 4.90. The summed E-state index contributed by atoms with van der Waals surface area (Å²) in [5.41, 5.74) is 0. The third-order valence-corrected chi connectivity index (χ3v) is 1.59. The van der Waals surface area contributed by atoms with Crippen LogP contribution in [0.4, 0.5) is 0 Å². The molecule has 2 N–H and O–H groups in total. The van der Waals surface area contributed by atoms with Gasteiger partial charge in [-0.15, -0.1) is 0 Å². The van der Waals surface area contributed by atoms with Crippen molar-refractivity contribution in [3.63, 3.8) is 0 Å². The average Bonchev–Trinajstić information content (AvgIpc) is 1.87. The van der Waals surface area contributed by atoms with Crippen LogP contribution >= 0.6 is 0 Å². The highest BCUT2D eigenvalue weighted by Crippen LogP contribution is 1.92. The van der Waals surface area contributed by atoms with E-state index in [1.165, 1.54) is 0 Å². The average molecular weight is 132 g/mol. The van der Waals surface area contributed by atoms with Crippen molar-refractivity contribution in [3.8, 4) is 0 Å². The lowest BCUT2D eigenvalue weighted by molar-refractivity contribution is 0.0799. The van der Waals surface area contributed by atoms with Gasteiger partial charge in [0.1, 0.15) is 0 Å². The first-order valence-corrected chi connectivity index (χ1v) is 3.24. The molecule has 0 aromatic rings. The maximum absolute atomic E-state index is 4.90. The summed E-state index contributed by atoms with van der Waals surface area (Å²) in [5, 5.41) is 0. The SMILES string of the molecule is CCN(C)C(C)CON. The van der Waals surface area contributed by atoms with Crippen LogP contribution in [0.15, 0.2) is 0 Å². The molecular weight excluding hydrogens is 116 g/mol. The van der Waals surface area contributed by atoms with Crippen LogP contribution in [0, 0.1) is 0 Å². The van der Waals surface area contributed by atoms with Crippen LogP contribution in [0.3, 0.4) is 0 Å². The molecule has 0 saturated carbocycles. The predicted molar refractivity (Wildman–Crippen MR) is 37.9 cm³/mol. The summed E-state index contributed by atoms with van der Waals surface area (Å²) in [6.45, 7) is 5.82. The topological polar surface area (TPSA) is 38.5 Å². The van der Waals surface area contributed by atoms with Gasteiger partial charge in [-0.25, -0.2) is 5.90 Å². The van der Waals surface area contributed by atoms with E-state index in [-0.39, 0.29) is 0 Å². The van der Waals surface area contributed by atoms with E-state index in [0.29, 0.717) is 12.6 Å². The molecule has 0 rings (SSSR count). The first-order chi connectivity index (χ1) is 4.22. The highest BCUT2D eigenvalue weighted by molar-refractivity contribution is 4.58. The molecule has 0 aliphatic heterocycles.